The van der Waals surface area contributed by atoms with Crippen LogP contribution < -0.4 is 9.03 Å². The first-order valence-corrected chi connectivity index (χ1v) is 11.4. The quantitative estimate of drug-likeness (QED) is 0.749. The van der Waals surface area contributed by atoms with Crippen molar-refractivity contribution < 1.29 is 26.7 Å². The van der Waals surface area contributed by atoms with Crippen molar-refractivity contribution in [2.24, 2.45) is 0 Å². The Kier molecular flexibility index (Phi) is 4.87. The maximum Gasteiger partial charge on any atom is 0.326 e. The molecule has 0 spiro atoms. The van der Waals surface area contributed by atoms with Crippen molar-refractivity contribution in [1.29, 1.82) is 0 Å². The Morgan fingerprint density at radius 1 is 1.15 bits per heavy atom. The van der Waals surface area contributed by atoms with E-state index in [0.29, 0.717) is 17.5 Å². The van der Waals surface area contributed by atoms with Gasteiger partial charge in [0.15, 0.2) is 9.84 Å². The van der Waals surface area contributed by atoms with Gasteiger partial charge in [0, 0.05) is 6.26 Å². The molecule has 1 amide bonds. The van der Waals surface area contributed by atoms with Crippen LogP contribution in [0, 0.1) is 0 Å². The third-order valence-corrected chi connectivity index (χ3v) is 6.29. The number of nitrogens with zero attached hydrogens (tertiary/aromatic N) is 1. The van der Waals surface area contributed by atoms with Crippen LogP contribution in [0.5, 0.6) is 5.75 Å². The Bertz CT molecular complexity index is 1110. The summed E-state index contributed by atoms with van der Waals surface area (Å²) in [6.45, 7) is -0.396. The molecular formula is C17H18N2O6S2. The third kappa shape index (κ3) is 4.40. The summed E-state index contributed by atoms with van der Waals surface area (Å²) in [5, 5.41) is 10.3. The molecule has 0 aromatic heterocycles. The fraction of sp³-hybridized carbons (Fsp3) is 0.235. The van der Waals surface area contributed by atoms with Crippen molar-refractivity contribution in [3.8, 4) is 5.75 Å². The first-order valence-electron chi connectivity index (χ1n) is 7.95. The highest BCUT2D eigenvalue weighted by molar-refractivity contribution is 7.92. The Labute approximate surface area is 157 Å². The van der Waals surface area contributed by atoms with Gasteiger partial charge in [-0.1, -0.05) is 30.3 Å². The summed E-state index contributed by atoms with van der Waals surface area (Å²) in [7, 11) is -7.20. The molecule has 0 aliphatic carbocycles. The van der Waals surface area contributed by atoms with E-state index >= 15 is 0 Å². The van der Waals surface area contributed by atoms with Crippen LogP contribution in [0.3, 0.4) is 0 Å². The van der Waals surface area contributed by atoms with Crippen LogP contribution in [0.25, 0.3) is 0 Å². The summed E-state index contributed by atoms with van der Waals surface area (Å²) < 4.78 is 49.7. The molecule has 2 aromatic carbocycles. The van der Waals surface area contributed by atoms with E-state index in [2.05, 4.69) is 0 Å². The highest BCUT2D eigenvalue weighted by Gasteiger charge is 2.35. The number of carbonyl (C=O) groups is 1. The standard InChI is InChI=1S/C17H18N2O6S2/c1-26(22,23)11-14-5-3-2-4-13(14)8-12-6-7-15(16(20)9-12)19-10-17(21)18-27(19,24)25/h2-7,9,20H,8,10-11H2,1H3,(H,18,21). The lowest BCUT2D eigenvalue weighted by Gasteiger charge is -2.17. The molecule has 2 N–H and O–H groups in total. The maximum atomic E-state index is 11.9. The fourth-order valence-corrected chi connectivity index (χ4v) is 4.93. The number of aromatic hydroxyl groups is 1. The minimum Gasteiger partial charge on any atom is -0.506 e. The van der Waals surface area contributed by atoms with E-state index in [4.69, 9.17) is 0 Å². The van der Waals surface area contributed by atoms with E-state index in [1.165, 1.54) is 12.1 Å². The number of nitrogens with one attached hydrogen (secondary N) is 1. The Morgan fingerprint density at radius 2 is 1.81 bits per heavy atom. The van der Waals surface area contributed by atoms with Crippen LogP contribution in [0.4, 0.5) is 5.69 Å². The van der Waals surface area contributed by atoms with Gasteiger partial charge in [-0.15, -0.1) is 0 Å². The second-order valence-electron chi connectivity index (χ2n) is 6.38. The number of phenolic OH excluding ortho intramolecular Hbond substituents is 1. The molecule has 27 heavy (non-hydrogen) atoms. The van der Waals surface area contributed by atoms with Gasteiger partial charge >= 0.3 is 10.2 Å². The number of anilines is 1. The Balaban J connectivity index is 1.89. The average molecular weight is 410 g/mol. The normalized spacial score (nSPS) is 16.3. The molecule has 0 radical (unpaired) electrons. The summed E-state index contributed by atoms with van der Waals surface area (Å²) in [5.41, 5.74) is 2.13. The van der Waals surface area contributed by atoms with Crippen LogP contribution in [-0.4, -0.2) is 40.6 Å². The van der Waals surface area contributed by atoms with Crippen LogP contribution >= 0.6 is 0 Å². The van der Waals surface area contributed by atoms with Gasteiger partial charge in [-0.3, -0.25) is 4.79 Å². The van der Waals surface area contributed by atoms with Crippen molar-refractivity contribution in [3.05, 3.63) is 59.2 Å². The largest absolute Gasteiger partial charge is 0.506 e. The summed E-state index contributed by atoms with van der Waals surface area (Å²) in [6.07, 6.45) is 1.53. The van der Waals surface area contributed by atoms with E-state index in [-0.39, 0.29) is 17.2 Å². The molecular weight excluding hydrogens is 392 g/mol. The molecule has 144 valence electrons. The van der Waals surface area contributed by atoms with Gasteiger partial charge in [-0.2, -0.15) is 8.42 Å². The summed E-state index contributed by atoms with van der Waals surface area (Å²) in [6, 6.07) is 11.5. The average Bonchev–Trinajstić information content (AvgIpc) is 2.80. The van der Waals surface area contributed by atoms with Gasteiger partial charge in [-0.25, -0.2) is 17.4 Å². The Hall–Kier alpha value is -2.59. The minimum atomic E-state index is -4.00. The lowest BCUT2D eigenvalue weighted by atomic mass is 10.00. The first-order chi connectivity index (χ1) is 12.5. The monoisotopic (exact) mass is 410 g/mol. The number of phenols is 1. The van der Waals surface area contributed by atoms with Crippen molar-refractivity contribution in [2.45, 2.75) is 12.2 Å². The lowest BCUT2D eigenvalue weighted by molar-refractivity contribution is -0.117. The first kappa shape index (κ1) is 19.2. The van der Waals surface area contributed by atoms with E-state index < -0.39 is 32.5 Å². The molecule has 8 nitrogen and oxygen atoms in total. The van der Waals surface area contributed by atoms with Gasteiger partial charge < -0.3 is 5.11 Å². The summed E-state index contributed by atoms with van der Waals surface area (Å²) in [4.78, 5) is 11.4. The third-order valence-electron chi connectivity index (χ3n) is 4.06. The predicted molar refractivity (Wildman–Crippen MR) is 100 cm³/mol. The molecule has 10 heteroatoms. The zero-order chi connectivity index (χ0) is 19.8. The van der Waals surface area contributed by atoms with Crippen LogP contribution in [0.1, 0.15) is 16.7 Å². The second kappa shape index (κ2) is 6.86. The zero-order valence-electron chi connectivity index (χ0n) is 14.4. The molecule has 1 aliphatic rings. The van der Waals surface area contributed by atoms with Crippen LogP contribution in [0.2, 0.25) is 0 Å². The zero-order valence-corrected chi connectivity index (χ0v) is 16.0. The van der Waals surface area contributed by atoms with Crippen LogP contribution in [0.15, 0.2) is 42.5 Å². The molecule has 1 fully saturated rings. The van der Waals surface area contributed by atoms with Gasteiger partial charge in [0.1, 0.15) is 12.3 Å². The SMILES string of the molecule is CS(=O)(=O)Cc1ccccc1Cc1ccc(N2CC(=O)NS2(=O)=O)c(O)c1. The molecule has 1 saturated heterocycles. The fourth-order valence-electron chi connectivity index (χ4n) is 2.92. The number of rotatable bonds is 5. The van der Waals surface area contributed by atoms with Crippen LogP contribution in [-0.2, 0) is 37.0 Å². The molecule has 0 saturated carbocycles. The smallest absolute Gasteiger partial charge is 0.326 e. The molecule has 1 aliphatic heterocycles. The minimum absolute atomic E-state index is 0.00141. The number of benzene rings is 2. The molecule has 1 heterocycles. The van der Waals surface area contributed by atoms with Crippen molar-refractivity contribution >= 4 is 31.6 Å². The molecule has 2 aromatic rings. The number of carbonyl (C=O) groups excluding carboxylic acids is 1. The number of amides is 1. The number of hydrogen-bond acceptors (Lipinski definition) is 6. The Morgan fingerprint density at radius 3 is 2.37 bits per heavy atom. The second-order valence-corrected chi connectivity index (χ2v) is 10.1. The van der Waals surface area contributed by atoms with Crippen molar-refractivity contribution in [3.63, 3.8) is 0 Å². The number of sulfone groups is 1. The molecule has 3 rings (SSSR count). The number of hydrogen-bond donors (Lipinski definition) is 2. The predicted octanol–water partition coefficient (Wildman–Crippen LogP) is 0.709. The summed E-state index contributed by atoms with van der Waals surface area (Å²) in [5.74, 6) is -1.05. The topological polar surface area (TPSA) is 121 Å². The highest BCUT2D eigenvalue weighted by atomic mass is 32.2. The van der Waals surface area contributed by atoms with Gasteiger partial charge in [0.25, 0.3) is 5.91 Å². The lowest BCUT2D eigenvalue weighted by Crippen LogP contribution is -2.29. The molecule has 0 unspecified atom stereocenters. The molecule has 0 atom stereocenters. The summed E-state index contributed by atoms with van der Waals surface area (Å²) >= 11 is 0. The van der Waals surface area contributed by atoms with E-state index in [9.17, 15) is 26.7 Å². The van der Waals surface area contributed by atoms with E-state index in [0.717, 1.165) is 16.1 Å². The van der Waals surface area contributed by atoms with Gasteiger partial charge in [-0.05, 0) is 35.2 Å². The maximum absolute atomic E-state index is 11.9. The van der Waals surface area contributed by atoms with E-state index in [1.807, 2.05) is 4.72 Å². The van der Waals surface area contributed by atoms with E-state index in [1.54, 1.807) is 30.3 Å². The van der Waals surface area contributed by atoms with Crippen molar-refractivity contribution in [1.82, 2.24) is 4.72 Å². The molecule has 0 bridgehead atoms. The van der Waals surface area contributed by atoms with Crippen molar-refractivity contribution in [2.75, 3.05) is 17.1 Å². The van der Waals surface area contributed by atoms with Gasteiger partial charge in [0.2, 0.25) is 0 Å². The van der Waals surface area contributed by atoms with Gasteiger partial charge in [0.05, 0.1) is 11.4 Å². The highest BCUT2D eigenvalue weighted by Crippen LogP contribution is 2.32.